The Bertz CT molecular complexity index is 311. The van der Waals surface area contributed by atoms with Crippen molar-refractivity contribution >= 4 is 5.91 Å². The number of nitrogens with zero attached hydrogens (tertiary/aromatic N) is 1. The zero-order valence-corrected chi connectivity index (χ0v) is 13.1. The Balaban J connectivity index is 1.71. The molecule has 2 atom stereocenters. The fraction of sp³-hybridized carbons (Fsp3) is 0.938. The molecule has 4 heteroatoms. The van der Waals surface area contributed by atoms with E-state index in [-0.39, 0.29) is 11.9 Å². The minimum absolute atomic E-state index is 0.204. The number of nitrogens with two attached hydrogens (primary N) is 1. The summed E-state index contributed by atoms with van der Waals surface area (Å²) in [7, 11) is 0. The number of piperidine rings is 1. The minimum Gasteiger partial charge on any atom is -0.352 e. The quantitative estimate of drug-likeness (QED) is 0.825. The van der Waals surface area contributed by atoms with Crippen LogP contribution in [0.4, 0.5) is 0 Å². The van der Waals surface area contributed by atoms with Crippen molar-refractivity contribution in [3.63, 3.8) is 0 Å². The van der Waals surface area contributed by atoms with Crippen LogP contribution in [0, 0.1) is 11.8 Å². The number of hydrogen-bond acceptors (Lipinski definition) is 3. The second-order valence-corrected chi connectivity index (χ2v) is 7.02. The van der Waals surface area contributed by atoms with Crippen molar-refractivity contribution in [1.29, 1.82) is 0 Å². The molecule has 1 aliphatic heterocycles. The smallest absolute Gasteiger partial charge is 0.234 e. The summed E-state index contributed by atoms with van der Waals surface area (Å²) in [6, 6.07) is 0.647. The van der Waals surface area contributed by atoms with Crippen molar-refractivity contribution in [3.05, 3.63) is 0 Å². The van der Waals surface area contributed by atoms with Gasteiger partial charge in [-0.25, -0.2) is 0 Å². The van der Waals surface area contributed by atoms with E-state index in [9.17, 15) is 4.79 Å². The zero-order chi connectivity index (χ0) is 14.5. The summed E-state index contributed by atoms with van der Waals surface area (Å²) in [6.45, 7) is 6.96. The van der Waals surface area contributed by atoms with Gasteiger partial charge in [0.15, 0.2) is 0 Å². The molecule has 1 heterocycles. The third kappa shape index (κ3) is 4.74. The first-order valence-corrected chi connectivity index (χ1v) is 8.32. The van der Waals surface area contributed by atoms with Crippen LogP contribution in [0.2, 0.25) is 0 Å². The maximum Gasteiger partial charge on any atom is 0.234 e. The molecule has 4 nitrogen and oxygen atoms in total. The highest BCUT2D eigenvalue weighted by Crippen LogP contribution is 2.23. The van der Waals surface area contributed by atoms with Gasteiger partial charge in [-0.05, 0) is 63.8 Å². The summed E-state index contributed by atoms with van der Waals surface area (Å²) in [4.78, 5) is 14.4. The lowest BCUT2D eigenvalue weighted by molar-refractivity contribution is -0.123. The predicted octanol–water partition coefficient (Wildman–Crippen LogP) is 1.74. The van der Waals surface area contributed by atoms with Crippen LogP contribution in [0.3, 0.4) is 0 Å². The number of rotatable bonds is 4. The molecule has 0 radical (unpaired) electrons. The molecule has 2 aliphatic rings. The van der Waals surface area contributed by atoms with Crippen LogP contribution in [0.1, 0.15) is 52.4 Å². The Morgan fingerprint density at radius 2 is 2.00 bits per heavy atom. The predicted molar refractivity (Wildman–Crippen MR) is 82.4 cm³/mol. The lowest BCUT2D eigenvalue weighted by Crippen LogP contribution is -2.48. The van der Waals surface area contributed by atoms with E-state index in [2.05, 4.69) is 24.1 Å². The highest BCUT2D eigenvalue weighted by Gasteiger charge is 2.25. The van der Waals surface area contributed by atoms with Gasteiger partial charge in [-0.2, -0.15) is 0 Å². The van der Waals surface area contributed by atoms with Crippen molar-refractivity contribution in [2.75, 3.05) is 19.6 Å². The molecule has 2 rings (SSSR count). The fourth-order valence-electron chi connectivity index (χ4n) is 3.54. The minimum atomic E-state index is 0.204. The normalized spacial score (nSPS) is 33.6. The third-order valence-corrected chi connectivity index (χ3v) is 5.03. The summed E-state index contributed by atoms with van der Waals surface area (Å²) in [5.41, 5.74) is 6.00. The summed E-state index contributed by atoms with van der Waals surface area (Å²) in [5.74, 6) is 1.58. The Hall–Kier alpha value is -0.610. The Morgan fingerprint density at radius 3 is 2.65 bits per heavy atom. The summed E-state index contributed by atoms with van der Waals surface area (Å²) >= 11 is 0. The molecule has 2 unspecified atom stereocenters. The first kappa shape index (κ1) is 15.8. The van der Waals surface area contributed by atoms with E-state index in [1.165, 1.54) is 25.7 Å². The number of hydrogen-bond donors (Lipinski definition) is 2. The van der Waals surface area contributed by atoms with E-state index in [4.69, 9.17) is 5.73 Å². The van der Waals surface area contributed by atoms with Gasteiger partial charge in [-0.1, -0.05) is 6.92 Å². The Morgan fingerprint density at radius 1 is 1.30 bits per heavy atom. The first-order valence-electron chi connectivity index (χ1n) is 8.32. The largest absolute Gasteiger partial charge is 0.352 e. The van der Waals surface area contributed by atoms with Crippen molar-refractivity contribution < 1.29 is 4.79 Å². The van der Waals surface area contributed by atoms with Crippen LogP contribution in [0.25, 0.3) is 0 Å². The zero-order valence-electron chi connectivity index (χ0n) is 13.1. The lowest BCUT2D eigenvalue weighted by Gasteiger charge is -2.34. The van der Waals surface area contributed by atoms with E-state index in [1.54, 1.807) is 0 Å². The molecule has 1 saturated heterocycles. The molecule has 0 bridgehead atoms. The standard InChI is InChI=1S/C16H31N3O/c1-12-5-7-15(8-6-12)18-16(20)11-19-9-3-4-14(10-19)13(2)17/h12-15H,3-11,17H2,1-2H3,(H,18,20). The van der Waals surface area contributed by atoms with E-state index in [1.807, 2.05) is 0 Å². The average Bonchev–Trinajstić information content (AvgIpc) is 2.41. The number of nitrogens with one attached hydrogen (secondary N) is 1. The van der Waals surface area contributed by atoms with Crippen LogP contribution in [-0.4, -0.2) is 42.5 Å². The SMILES string of the molecule is CC1CCC(NC(=O)CN2CCCC(C(C)N)C2)CC1. The van der Waals surface area contributed by atoms with E-state index in [0.29, 0.717) is 18.5 Å². The molecule has 1 aliphatic carbocycles. The lowest BCUT2D eigenvalue weighted by atomic mass is 9.87. The number of carbonyl (C=O) groups is 1. The molecule has 1 amide bonds. The van der Waals surface area contributed by atoms with Crippen LogP contribution in [-0.2, 0) is 4.79 Å². The van der Waals surface area contributed by atoms with Gasteiger partial charge in [0.05, 0.1) is 6.54 Å². The molecular formula is C16H31N3O. The van der Waals surface area contributed by atoms with Crippen LogP contribution < -0.4 is 11.1 Å². The second-order valence-electron chi connectivity index (χ2n) is 7.02. The van der Waals surface area contributed by atoms with Crippen LogP contribution in [0.5, 0.6) is 0 Å². The molecule has 20 heavy (non-hydrogen) atoms. The molecule has 0 aromatic rings. The number of amides is 1. The molecule has 0 aromatic heterocycles. The second kappa shape index (κ2) is 7.41. The Kier molecular flexibility index (Phi) is 5.85. The summed E-state index contributed by atoms with van der Waals surface area (Å²) < 4.78 is 0. The van der Waals surface area contributed by atoms with Crippen molar-refractivity contribution in [2.45, 2.75) is 64.5 Å². The monoisotopic (exact) mass is 281 g/mol. The van der Waals surface area contributed by atoms with Crippen molar-refractivity contribution in [1.82, 2.24) is 10.2 Å². The van der Waals surface area contributed by atoms with Gasteiger partial charge < -0.3 is 11.1 Å². The van der Waals surface area contributed by atoms with Crippen LogP contribution >= 0.6 is 0 Å². The molecule has 2 fully saturated rings. The maximum atomic E-state index is 12.2. The molecule has 116 valence electrons. The highest BCUT2D eigenvalue weighted by molar-refractivity contribution is 5.78. The Labute approximate surface area is 123 Å². The highest BCUT2D eigenvalue weighted by atomic mass is 16.2. The maximum absolute atomic E-state index is 12.2. The van der Waals surface area contributed by atoms with Crippen molar-refractivity contribution in [2.24, 2.45) is 17.6 Å². The van der Waals surface area contributed by atoms with Crippen molar-refractivity contribution in [3.8, 4) is 0 Å². The first-order chi connectivity index (χ1) is 9.54. The number of carbonyl (C=O) groups excluding carboxylic acids is 1. The van der Waals surface area contributed by atoms with Gasteiger partial charge in [0.2, 0.25) is 5.91 Å². The topological polar surface area (TPSA) is 58.4 Å². The van der Waals surface area contributed by atoms with Gasteiger partial charge in [0.25, 0.3) is 0 Å². The van der Waals surface area contributed by atoms with Gasteiger partial charge in [-0.3, -0.25) is 9.69 Å². The van der Waals surface area contributed by atoms with Gasteiger partial charge in [0.1, 0.15) is 0 Å². The fourth-order valence-corrected chi connectivity index (χ4v) is 3.54. The van der Waals surface area contributed by atoms with E-state index >= 15 is 0 Å². The van der Waals surface area contributed by atoms with Gasteiger partial charge in [-0.15, -0.1) is 0 Å². The summed E-state index contributed by atoms with van der Waals surface area (Å²) in [6.07, 6.45) is 7.17. The van der Waals surface area contributed by atoms with Crippen LogP contribution in [0.15, 0.2) is 0 Å². The molecule has 0 aromatic carbocycles. The molecule has 1 saturated carbocycles. The number of likely N-dealkylation sites (tertiary alicyclic amines) is 1. The molecule has 0 spiro atoms. The summed E-state index contributed by atoms with van der Waals surface area (Å²) in [5, 5.41) is 3.22. The van der Waals surface area contributed by atoms with E-state index < -0.39 is 0 Å². The average molecular weight is 281 g/mol. The van der Waals surface area contributed by atoms with Gasteiger partial charge >= 0.3 is 0 Å². The molecule has 3 N–H and O–H groups in total. The molecular weight excluding hydrogens is 250 g/mol. The van der Waals surface area contributed by atoms with Gasteiger partial charge in [0, 0.05) is 18.6 Å². The van der Waals surface area contributed by atoms with E-state index in [0.717, 1.165) is 31.8 Å². The third-order valence-electron chi connectivity index (χ3n) is 5.03.